The molecule has 0 aromatic heterocycles. The number of nitrogens with one attached hydrogen (secondary N) is 1. The maximum Gasteiger partial charge on any atom is 0.251 e. The summed E-state index contributed by atoms with van der Waals surface area (Å²) in [5.74, 6) is 1.43. The number of hydrogen-bond acceptors (Lipinski definition) is 2. The van der Waals surface area contributed by atoms with E-state index in [2.05, 4.69) is 12.2 Å². The molecular weight excluding hydrogens is 288 g/mol. The molecule has 0 radical (unpaired) electrons. The molecule has 4 nitrogen and oxygen atoms in total. The molecule has 1 aliphatic rings. The van der Waals surface area contributed by atoms with E-state index < -0.39 is 0 Å². The summed E-state index contributed by atoms with van der Waals surface area (Å²) in [6.07, 6.45) is 5.59. The van der Waals surface area contributed by atoms with Crippen LogP contribution in [0.5, 0.6) is 0 Å². The Morgan fingerprint density at radius 2 is 1.91 bits per heavy atom. The Morgan fingerprint density at radius 3 is 2.52 bits per heavy atom. The van der Waals surface area contributed by atoms with E-state index in [-0.39, 0.29) is 11.8 Å². The normalized spacial score (nSPS) is 20.8. The number of rotatable bonds is 5. The van der Waals surface area contributed by atoms with E-state index in [4.69, 9.17) is 0 Å². The largest absolute Gasteiger partial charge is 0.355 e. The molecule has 1 saturated carbocycles. The Bertz CT molecular complexity index is 539. The standard InChI is InChI=1S/C19H28N2O2/c1-14-5-4-6-16(11-14)12-18(22)21(3)13-15-7-9-17(10-8-15)19(23)20-2/h7-10,14,16H,4-6,11-13H2,1-3H3,(H,20,23)/t14-,16-/m0/s1. The second-order valence-electron chi connectivity index (χ2n) is 6.87. The van der Waals surface area contributed by atoms with Crippen LogP contribution in [0, 0.1) is 11.8 Å². The van der Waals surface area contributed by atoms with Gasteiger partial charge in [-0.25, -0.2) is 0 Å². The van der Waals surface area contributed by atoms with Gasteiger partial charge in [0.2, 0.25) is 5.91 Å². The maximum absolute atomic E-state index is 12.4. The molecule has 0 saturated heterocycles. The van der Waals surface area contributed by atoms with E-state index in [1.165, 1.54) is 25.7 Å². The van der Waals surface area contributed by atoms with Crippen molar-refractivity contribution >= 4 is 11.8 Å². The van der Waals surface area contributed by atoms with Crippen LogP contribution < -0.4 is 5.32 Å². The van der Waals surface area contributed by atoms with E-state index in [0.717, 1.165) is 11.5 Å². The van der Waals surface area contributed by atoms with Crippen molar-refractivity contribution in [3.05, 3.63) is 35.4 Å². The highest BCUT2D eigenvalue weighted by Crippen LogP contribution is 2.31. The summed E-state index contributed by atoms with van der Waals surface area (Å²) in [4.78, 5) is 25.7. The fourth-order valence-corrected chi connectivity index (χ4v) is 3.42. The van der Waals surface area contributed by atoms with Gasteiger partial charge in [0.05, 0.1) is 0 Å². The van der Waals surface area contributed by atoms with Crippen LogP contribution in [0.25, 0.3) is 0 Å². The maximum atomic E-state index is 12.4. The van der Waals surface area contributed by atoms with Crippen molar-refractivity contribution < 1.29 is 9.59 Å². The molecule has 1 aromatic rings. The number of amides is 2. The molecule has 126 valence electrons. The average Bonchev–Trinajstić information content (AvgIpc) is 2.54. The van der Waals surface area contributed by atoms with Crippen LogP contribution in [0.15, 0.2) is 24.3 Å². The molecule has 0 heterocycles. The Kier molecular flexibility index (Phi) is 6.20. The summed E-state index contributed by atoms with van der Waals surface area (Å²) < 4.78 is 0. The van der Waals surface area contributed by atoms with Crippen molar-refractivity contribution in [1.29, 1.82) is 0 Å². The van der Waals surface area contributed by atoms with Crippen LogP contribution >= 0.6 is 0 Å². The third kappa shape index (κ3) is 5.08. The molecule has 2 rings (SSSR count). The van der Waals surface area contributed by atoms with Crippen molar-refractivity contribution in [3.8, 4) is 0 Å². The summed E-state index contributed by atoms with van der Waals surface area (Å²) in [5.41, 5.74) is 1.69. The van der Waals surface area contributed by atoms with Gasteiger partial charge in [0.25, 0.3) is 5.91 Å². The van der Waals surface area contributed by atoms with Gasteiger partial charge in [-0.05, 0) is 42.4 Å². The number of hydrogen-bond donors (Lipinski definition) is 1. The quantitative estimate of drug-likeness (QED) is 0.907. The first-order valence-electron chi connectivity index (χ1n) is 8.54. The molecule has 0 spiro atoms. The molecule has 0 bridgehead atoms. The van der Waals surface area contributed by atoms with E-state index in [1.807, 2.05) is 19.2 Å². The lowest BCUT2D eigenvalue weighted by Gasteiger charge is -2.28. The lowest BCUT2D eigenvalue weighted by Crippen LogP contribution is -2.29. The van der Waals surface area contributed by atoms with Gasteiger partial charge in [-0.1, -0.05) is 31.9 Å². The highest BCUT2D eigenvalue weighted by molar-refractivity contribution is 5.93. The Labute approximate surface area is 139 Å². The second kappa shape index (κ2) is 8.14. The van der Waals surface area contributed by atoms with Crippen molar-refractivity contribution in [3.63, 3.8) is 0 Å². The van der Waals surface area contributed by atoms with E-state index in [9.17, 15) is 9.59 Å². The van der Waals surface area contributed by atoms with Gasteiger partial charge >= 0.3 is 0 Å². The monoisotopic (exact) mass is 316 g/mol. The molecule has 2 amide bonds. The molecule has 1 N–H and O–H groups in total. The van der Waals surface area contributed by atoms with Crippen LogP contribution in [-0.4, -0.2) is 30.8 Å². The highest BCUT2D eigenvalue weighted by Gasteiger charge is 2.22. The van der Waals surface area contributed by atoms with Gasteiger partial charge in [-0.2, -0.15) is 0 Å². The highest BCUT2D eigenvalue weighted by atomic mass is 16.2. The zero-order chi connectivity index (χ0) is 16.8. The first-order valence-corrected chi connectivity index (χ1v) is 8.54. The smallest absolute Gasteiger partial charge is 0.251 e. The van der Waals surface area contributed by atoms with Crippen molar-refractivity contribution in [2.75, 3.05) is 14.1 Å². The number of benzene rings is 1. The predicted octanol–water partition coefficient (Wildman–Crippen LogP) is 3.22. The van der Waals surface area contributed by atoms with Gasteiger partial charge in [-0.3, -0.25) is 9.59 Å². The van der Waals surface area contributed by atoms with E-state index in [1.54, 1.807) is 24.1 Å². The zero-order valence-electron chi connectivity index (χ0n) is 14.5. The van der Waals surface area contributed by atoms with Gasteiger partial charge < -0.3 is 10.2 Å². The van der Waals surface area contributed by atoms with Gasteiger partial charge in [0, 0.05) is 32.6 Å². The minimum absolute atomic E-state index is 0.0904. The number of nitrogens with zero attached hydrogens (tertiary/aromatic N) is 1. The van der Waals surface area contributed by atoms with Crippen molar-refractivity contribution in [2.24, 2.45) is 11.8 Å². The molecule has 1 aliphatic carbocycles. The van der Waals surface area contributed by atoms with E-state index in [0.29, 0.717) is 24.4 Å². The van der Waals surface area contributed by atoms with Crippen molar-refractivity contribution in [1.82, 2.24) is 10.2 Å². The Hall–Kier alpha value is -1.84. The predicted molar refractivity (Wildman–Crippen MR) is 92.0 cm³/mol. The molecule has 0 unspecified atom stereocenters. The SMILES string of the molecule is CNC(=O)c1ccc(CN(C)C(=O)C[C@H]2CCC[C@H](C)C2)cc1. The summed E-state index contributed by atoms with van der Waals surface area (Å²) in [7, 11) is 3.48. The van der Waals surface area contributed by atoms with Crippen LogP contribution in [0.1, 0.15) is 54.9 Å². The van der Waals surface area contributed by atoms with E-state index >= 15 is 0 Å². The van der Waals surface area contributed by atoms with Crippen LogP contribution in [-0.2, 0) is 11.3 Å². The number of carbonyl (C=O) groups is 2. The summed E-state index contributed by atoms with van der Waals surface area (Å²) in [6, 6.07) is 7.43. The topological polar surface area (TPSA) is 49.4 Å². The minimum Gasteiger partial charge on any atom is -0.355 e. The summed E-state index contributed by atoms with van der Waals surface area (Å²) >= 11 is 0. The third-order valence-corrected chi connectivity index (χ3v) is 4.80. The Balaban J connectivity index is 1.86. The zero-order valence-corrected chi connectivity index (χ0v) is 14.5. The first kappa shape index (κ1) is 17.5. The van der Waals surface area contributed by atoms with Gasteiger partial charge in [0.15, 0.2) is 0 Å². The molecule has 1 aromatic carbocycles. The van der Waals surface area contributed by atoms with Crippen LogP contribution in [0.2, 0.25) is 0 Å². The fourth-order valence-electron chi connectivity index (χ4n) is 3.42. The first-order chi connectivity index (χ1) is 11.0. The number of carbonyl (C=O) groups excluding carboxylic acids is 2. The lowest BCUT2D eigenvalue weighted by atomic mass is 9.80. The van der Waals surface area contributed by atoms with Crippen LogP contribution in [0.3, 0.4) is 0 Å². The van der Waals surface area contributed by atoms with Crippen molar-refractivity contribution in [2.45, 2.75) is 45.6 Å². The minimum atomic E-state index is -0.0904. The van der Waals surface area contributed by atoms with Crippen LogP contribution in [0.4, 0.5) is 0 Å². The summed E-state index contributed by atoms with van der Waals surface area (Å²) in [5, 5.41) is 2.61. The summed E-state index contributed by atoms with van der Waals surface area (Å²) in [6.45, 7) is 2.88. The molecule has 4 heteroatoms. The van der Waals surface area contributed by atoms with Gasteiger partial charge in [-0.15, -0.1) is 0 Å². The third-order valence-electron chi connectivity index (χ3n) is 4.80. The molecular formula is C19H28N2O2. The molecule has 1 fully saturated rings. The Morgan fingerprint density at radius 1 is 1.22 bits per heavy atom. The molecule has 0 aliphatic heterocycles. The molecule has 23 heavy (non-hydrogen) atoms. The molecule has 2 atom stereocenters. The fraction of sp³-hybridized carbons (Fsp3) is 0.579. The second-order valence-corrected chi connectivity index (χ2v) is 6.87. The lowest BCUT2D eigenvalue weighted by molar-refractivity contribution is -0.131. The van der Waals surface area contributed by atoms with Gasteiger partial charge in [0.1, 0.15) is 0 Å². The average molecular weight is 316 g/mol.